The summed E-state index contributed by atoms with van der Waals surface area (Å²) < 4.78 is 1.93. The van der Waals surface area contributed by atoms with Gasteiger partial charge in [0.15, 0.2) is 0 Å². The Morgan fingerprint density at radius 3 is 2.52 bits per heavy atom. The van der Waals surface area contributed by atoms with E-state index in [1.165, 1.54) is 0 Å². The molecule has 0 saturated carbocycles. The van der Waals surface area contributed by atoms with Crippen molar-refractivity contribution in [2.45, 2.75) is 13.0 Å². The summed E-state index contributed by atoms with van der Waals surface area (Å²) in [4.78, 5) is 32.0. The number of hydrogen-bond acceptors (Lipinski definition) is 4. The van der Waals surface area contributed by atoms with Crippen molar-refractivity contribution in [2.75, 3.05) is 12.4 Å². The van der Waals surface area contributed by atoms with E-state index in [-0.39, 0.29) is 17.9 Å². The van der Waals surface area contributed by atoms with Crippen molar-refractivity contribution in [1.82, 2.24) is 9.88 Å². The number of fused-ring (bicyclic) bond motifs is 1. The lowest BCUT2D eigenvalue weighted by atomic mass is 10.1. The van der Waals surface area contributed by atoms with Gasteiger partial charge in [0, 0.05) is 28.3 Å². The van der Waals surface area contributed by atoms with Gasteiger partial charge in [-0.3, -0.25) is 9.59 Å². The summed E-state index contributed by atoms with van der Waals surface area (Å²) in [6, 6.07) is 21.9. The summed E-state index contributed by atoms with van der Waals surface area (Å²) in [6.45, 7) is 1.97. The number of halogens is 1. The third-order valence-electron chi connectivity index (χ3n) is 5.02. The van der Waals surface area contributed by atoms with Crippen molar-refractivity contribution in [3.63, 3.8) is 0 Å². The van der Waals surface area contributed by atoms with Gasteiger partial charge in [0.05, 0.1) is 16.3 Å². The molecule has 0 spiro atoms. The number of hydrogen-bond donors (Lipinski definition) is 1. The number of thiazole rings is 1. The van der Waals surface area contributed by atoms with Crippen LogP contribution < -0.4 is 5.32 Å². The molecule has 2 amide bonds. The highest BCUT2D eigenvalue weighted by Crippen LogP contribution is 2.29. The third-order valence-corrected chi connectivity index (χ3v) is 6.72. The molecule has 0 fully saturated rings. The number of nitrogens with zero attached hydrogens (tertiary/aromatic N) is 2. The van der Waals surface area contributed by atoms with Crippen LogP contribution in [0, 0.1) is 0 Å². The number of rotatable bonds is 5. The lowest BCUT2D eigenvalue weighted by molar-refractivity contribution is 0.0742. The van der Waals surface area contributed by atoms with Crippen LogP contribution in [0.15, 0.2) is 77.3 Å². The lowest BCUT2D eigenvalue weighted by Gasteiger charge is -2.23. The zero-order chi connectivity index (χ0) is 22.0. The van der Waals surface area contributed by atoms with Gasteiger partial charge in [0.1, 0.15) is 5.01 Å². The van der Waals surface area contributed by atoms with Gasteiger partial charge in [0.2, 0.25) is 0 Å². The zero-order valence-electron chi connectivity index (χ0n) is 17.0. The number of benzene rings is 3. The smallest absolute Gasteiger partial charge is 0.255 e. The standard InChI is InChI=1S/C24H20BrN3O2S/c1-15(23-27-20-11-3-4-12-21(20)31-23)28(2)24(30)17-8-6-10-19(14-17)26-22(29)16-7-5-9-18(25)13-16/h3-15H,1-2H3,(H,26,29). The van der Waals surface area contributed by atoms with E-state index in [0.717, 1.165) is 19.7 Å². The molecule has 156 valence electrons. The second-order valence-electron chi connectivity index (χ2n) is 7.16. The molecular formula is C24H20BrN3O2S. The van der Waals surface area contributed by atoms with Crippen molar-refractivity contribution in [2.24, 2.45) is 0 Å². The zero-order valence-corrected chi connectivity index (χ0v) is 19.4. The highest BCUT2D eigenvalue weighted by Gasteiger charge is 2.22. The van der Waals surface area contributed by atoms with Crippen LogP contribution in [0.5, 0.6) is 0 Å². The Morgan fingerprint density at radius 2 is 1.74 bits per heavy atom. The average molecular weight is 494 g/mol. The molecule has 7 heteroatoms. The minimum atomic E-state index is -0.234. The quantitative estimate of drug-likeness (QED) is 0.362. The molecule has 1 N–H and O–H groups in total. The molecule has 0 radical (unpaired) electrons. The normalized spacial score (nSPS) is 11.8. The lowest BCUT2D eigenvalue weighted by Crippen LogP contribution is -2.29. The van der Waals surface area contributed by atoms with E-state index in [1.54, 1.807) is 65.7 Å². The van der Waals surface area contributed by atoms with Crippen LogP contribution in [0.3, 0.4) is 0 Å². The van der Waals surface area contributed by atoms with Gasteiger partial charge >= 0.3 is 0 Å². The predicted octanol–water partition coefficient (Wildman–Crippen LogP) is 6.14. The average Bonchev–Trinajstić information content (AvgIpc) is 3.22. The van der Waals surface area contributed by atoms with E-state index in [2.05, 4.69) is 26.2 Å². The number of para-hydroxylation sites is 1. The van der Waals surface area contributed by atoms with Crippen molar-refractivity contribution in [3.8, 4) is 0 Å². The molecule has 0 aliphatic carbocycles. The molecule has 1 atom stereocenters. The van der Waals surface area contributed by atoms with Gasteiger partial charge in [-0.15, -0.1) is 11.3 Å². The Bertz CT molecular complexity index is 1240. The molecule has 4 aromatic rings. The molecule has 1 heterocycles. The van der Waals surface area contributed by atoms with Gasteiger partial charge in [-0.25, -0.2) is 4.98 Å². The summed E-state index contributed by atoms with van der Waals surface area (Å²) in [6.07, 6.45) is 0. The third kappa shape index (κ3) is 4.68. The fourth-order valence-electron chi connectivity index (χ4n) is 3.18. The highest BCUT2D eigenvalue weighted by atomic mass is 79.9. The number of nitrogens with one attached hydrogen (secondary N) is 1. The van der Waals surface area contributed by atoms with Crippen molar-refractivity contribution in [3.05, 3.63) is 93.4 Å². The molecule has 4 rings (SSSR count). The molecule has 31 heavy (non-hydrogen) atoms. The van der Waals surface area contributed by atoms with Crippen LogP contribution in [0.4, 0.5) is 5.69 Å². The molecule has 1 unspecified atom stereocenters. The summed E-state index contributed by atoms with van der Waals surface area (Å²) in [5.74, 6) is -0.368. The van der Waals surface area contributed by atoms with E-state index in [4.69, 9.17) is 0 Å². The first kappa shape index (κ1) is 21.2. The minimum Gasteiger partial charge on any atom is -0.333 e. The molecule has 0 saturated heterocycles. The fourth-order valence-corrected chi connectivity index (χ4v) is 4.64. The monoisotopic (exact) mass is 493 g/mol. The van der Waals surface area contributed by atoms with E-state index in [9.17, 15) is 9.59 Å². The molecule has 0 aliphatic rings. The predicted molar refractivity (Wildman–Crippen MR) is 129 cm³/mol. The topological polar surface area (TPSA) is 62.3 Å². The van der Waals surface area contributed by atoms with Gasteiger partial charge in [-0.1, -0.05) is 40.2 Å². The number of carbonyl (C=O) groups is 2. The number of amides is 2. The maximum absolute atomic E-state index is 13.1. The van der Waals surface area contributed by atoms with Crippen molar-refractivity contribution >= 4 is 55.0 Å². The molecule has 0 bridgehead atoms. The van der Waals surface area contributed by atoms with E-state index >= 15 is 0 Å². The Balaban J connectivity index is 1.51. The molecule has 0 aliphatic heterocycles. The van der Waals surface area contributed by atoms with Crippen LogP contribution in [0.25, 0.3) is 10.2 Å². The maximum atomic E-state index is 13.1. The van der Waals surface area contributed by atoms with Crippen molar-refractivity contribution < 1.29 is 9.59 Å². The first-order chi connectivity index (χ1) is 14.9. The summed E-state index contributed by atoms with van der Waals surface area (Å²) >= 11 is 4.96. The fraction of sp³-hybridized carbons (Fsp3) is 0.125. The van der Waals surface area contributed by atoms with Gasteiger partial charge in [-0.2, -0.15) is 0 Å². The Labute approximate surface area is 192 Å². The first-order valence-electron chi connectivity index (χ1n) is 9.72. The van der Waals surface area contributed by atoms with Gasteiger partial charge in [-0.05, 0) is 55.5 Å². The van der Waals surface area contributed by atoms with Crippen LogP contribution in [0.1, 0.15) is 38.7 Å². The van der Waals surface area contributed by atoms with E-state index < -0.39 is 0 Å². The highest BCUT2D eigenvalue weighted by molar-refractivity contribution is 9.10. The molecular weight excluding hydrogens is 474 g/mol. The Hall–Kier alpha value is -3.03. The number of carbonyl (C=O) groups excluding carboxylic acids is 2. The molecule has 3 aromatic carbocycles. The number of aromatic nitrogens is 1. The largest absolute Gasteiger partial charge is 0.333 e. The Kier molecular flexibility index (Phi) is 6.15. The van der Waals surface area contributed by atoms with Gasteiger partial charge < -0.3 is 10.2 Å². The summed E-state index contributed by atoms with van der Waals surface area (Å²) in [7, 11) is 1.77. The number of anilines is 1. The second kappa shape index (κ2) is 8.99. The van der Waals surface area contributed by atoms with Crippen LogP contribution >= 0.6 is 27.3 Å². The van der Waals surface area contributed by atoms with Crippen molar-refractivity contribution in [1.29, 1.82) is 0 Å². The van der Waals surface area contributed by atoms with Crippen LogP contribution in [-0.2, 0) is 0 Å². The second-order valence-corrected chi connectivity index (χ2v) is 9.14. The minimum absolute atomic E-state index is 0.134. The van der Waals surface area contributed by atoms with Crippen LogP contribution in [-0.4, -0.2) is 28.7 Å². The van der Waals surface area contributed by atoms with E-state index in [0.29, 0.717) is 16.8 Å². The summed E-state index contributed by atoms with van der Waals surface area (Å²) in [5.41, 5.74) is 2.54. The van der Waals surface area contributed by atoms with Crippen LogP contribution in [0.2, 0.25) is 0 Å². The van der Waals surface area contributed by atoms with Gasteiger partial charge in [0.25, 0.3) is 11.8 Å². The Morgan fingerprint density at radius 1 is 1.00 bits per heavy atom. The summed E-state index contributed by atoms with van der Waals surface area (Å²) in [5, 5.41) is 3.74. The van der Waals surface area contributed by atoms with E-state index in [1.807, 2.05) is 37.3 Å². The first-order valence-corrected chi connectivity index (χ1v) is 11.3. The molecule has 1 aromatic heterocycles. The molecule has 5 nitrogen and oxygen atoms in total. The maximum Gasteiger partial charge on any atom is 0.255 e. The SMILES string of the molecule is CC(c1nc2ccccc2s1)N(C)C(=O)c1cccc(NC(=O)c2cccc(Br)c2)c1.